The summed E-state index contributed by atoms with van der Waals surface area (Å²) in [5.41, 5.74) is 0.355. The molecule has 0 aromatic rings. The average molecular weight is 200 g/mol. The van der Waals surface area contributed by atoms with Gasteiger partial charge < -0.3 is 4.53 Å². The van der Waals surface area contributed by atoms with E-state index in [1.54, 1.807) is 0 Å². The molecule has 1 aliphatic heterocycles. The Morgan fingerprint density at radius 2 is 1.92 bits per heavy atom. The van der Waals surface area contributed by atoms with E-state index in [1.165, 1.54) is 12.8 Å². The molecule has 13 heavy (non-hydrogen) atoms. The van der Waals surface area contributed by atoms with Gasteiger partial charge in [0.05, 0.1) is 0 Å². The summed E-state index contributed by atoms with van der Waals surface area (Å²) in [6.45, 7) is 12.4. The van der Waals surface area contributed by atoms with E-state index in [2.05, 4.69) is 38.9 Å². The smallest absolute Gasteiger partial charge is 0.235 e. The van der Waals surface area contributed by atoms with Gasteiger partial charge in [-0.2, -0.15) is 5.06 Å². The summed E-state index contributed by atoms with van der Waals surface area (Å²) >= 11 is 0. The van der Waals surface area contributed by atoms with Gasteiger partial charge in [0.2, 0.25) is 9.04 Å². The molecular formula is C10H22NOSi. The molecule has 0 aromatic carbocycles. The predicted molar refractivity (Wildman–Crippen MR) is 57.8 cm³/mol. The van der Waals surface area contributed by atoms with Crippen molar-refractivity contribution in [2.75, 3.05) is 6.54 Å². The molecule has 0 N–H and O–H groups in total. The second-order valence-electron chi connectivity index (χ2n) is 5.16. The van der Waals surface area contributed by atoms with E-state index >= 15 is 0 Å². The number of rotatable bonds is 2. The Morgan fingerprint density at radius 1 is 1.31 bits per heavy atom. The molecule has 3 heteroatoms. The highest BCUT2D eigenvalue weighted by molar-refractivity contribution is 6.48. The Morgan fingerprint density at radius 3 is 2.38 bits per heavy atom. The van der Waals surface area contributed by atoms with E-state index in [0.29, 0.717) is 11.5 Å². The fourth-order valence-corrected chi connectivity index (χ4v) is 2.64. The van der Waals surface area contributed by atoms with Crippen LogP contribution in [0.3, 0.4) is 0 Å². The minimum Gasteiger partial charge on any atom is -0.343 e. The molecule has 0 aliphatic carbocycles. The van der Waals surface area contributed by atoms with Crippen LogP contribution < -0.4 is 0 Å². The maximum Gasteiger partial charge on any atom is 0.235 e. The van der Waals surface area contributed by atoms with Gasteiger partial charge in [0, 0.05) is 12.6 Å². The molecular weight excluding hydrogens is 178 g/mol. The molecule has 1 heterocycles. The molecule has 0 amide bonds. The van der Waals surface area contributed by atoms with Crippen molar-refractivity contribution in [1.29, 1.82) is 0 Å². The van der Waals surface area contributed by atoms with Crippen LogP contribution in [0.1, 0.15) is 33.6 Å². The zero-order chi connectivity index (χ0) is 10.1. The lowest BCUT2D eigenvalue weighted by atomic mass is 9.86. The molecule has 77 valence electrons. The van der Waals surface area contributed by atoms with Crippen molar-refractivity contribution in [2.45, 2.75) is 52.7 Å². The normalized spacial score (nSPS) is 25.8. The highest BCUT2D eigenvalue weighted by atomic mass is 28.3. The first-order valence-electron chi connectivity index (χ1n) is 5.16. The summed E-state index contributed by atoms with van der Waals surface area (Å²) in [5.74, 6) is 0. The molecule has 1 aliphatic rings. The summed E-state index contributed by atoms with van der Waals surface area (Å²) in [4.78, 5) is 0. The monoisotopic (exact) mass is 200 g/mol. The van der Waals surface area contributed by atoms with Gasteiger partial charge >= 0.3 is 0 Å². The molecule has 1 fully saturated rings. The first-order valence-corrected chi connectivity index (χ1v) is 7.57. The molecule has 1 saturated heterocycles. The predicted octanol–water partition coefficient (Wildman–Crippen LogP) is 2.68. The minimum absolute atomic E-state index is 0.355. The summed E-state index contributed by atoms with van der Waals surface area (Å²) in [6, 6.07) is 0.618. The van der Waals surface area contributed by atoms with Gasteiger partial charge in [0.15, 0.2) is 0 Å². The second-order valence-corrected chi connectivity index (χ2v) is 7.16. The van der Waals surface area contributed by atoms with Crippen molar-refractivity contribution >= 4 is 9.04 Å². The third-order valence-corrected chi connectivity index (χ3v) is 3.10. The molecule has 1 atom stereocenters. The molecule has 0 saturated carbocycles. The summed E-state index contributed by atoms with van der Waals surface area (Å²) in [6.07, 6.45) is 2.58. The van der Waals surface area contributed by atoms with Crippen LogP contribution in [0.15, 0.2) is 0 Å². The molecule has 1 unspecified atom stereocenters. The third kappa shape index (κ3) is 3.08. The summed E-state index contributed by atoms with van der Waals surface area (Å²) in [5, 5.41) is 2.23. The van der Waals surface area contributed by atoms with Gasteiger partial charge in [-0.05, 0) is 31.4 Å². The molecule has 0 spiro atoms. The number of hydrogen-bond acceptors (Lipinski definition) is 2. The minimum atomic E-state index is -0.584. The van der Waals surface area contributed by atoms with E-state index in [4.69, 9.17) is 4.53 Å². The highest BCUT2D eigenvalue weighted by Gasteiger charge is 2.35. The summed E-state index contributed by atoms with van der Waals surface area (Å²) < 4.78 is 5.89. The fraction of sp³-hybridized carbons (Fsp3) is 1.00. The van der Waals surface area contributed by atoms with Crippen LogP contribution in [-0.4, -0.2) is 26.7 Å². The van der Waals surface area contributed by atoms with Crippen LogP contribution in [0.25, 0.3) is 0 Å². The van der Waals surface area contributed by atoms with Crippen LogP contribution in [0.2, 0.25) is 13.1 Å². The topological polar surface area (TPSA) is 12.5 Å². The number of hydrogen-bond donors (Lipinski definition) is 0. The lowest BCUT2D eigenvalue weighted by molar-refractivity contribution is -0.103. The van der Waals surface area contributed by atoms with Gasteiger partial charge in [-0.15, -0.1) is 0 Å². The van der Waals surface area contributed by atoms with Gasteiger partial charge in [0.1, 0.15) is 0 Å². The summed E-state index contributed by atoms with van der Waals surface area (Å²) in [7, 11) is -0.584. The van der Waals surface area contributed by atoms with Crippen LogP contribution in [-0.2, 0) is 4.53 Å². The van der Waals surface area contributed by atoms with Crippen LogP contribution in [0.4, 0.5) is 0 Å². The Balaban J connectivity index is 2.54. The Hall–Kier alpha value is 0.137. The van der Waals surface area contributed by atoms with Crippen LogP contribution in [0.5, 0.6) is 0 Å². The van der Waals surface area contributed by atoms with Crippen molar-refractivity contribution in [2.24, 2.45) is 5.41 Å². The van der Waals surface area contributed by atoms with Crippen LogP contribution >= 0.6 is 0 Å². The van der Waals surface area contributed by atoms with E-state index < -0.39 is 9.04 Å². The average Bonchev–Trinajstić information content (AvgIpc) is 2.31. The SMILES string of the molecule is C[Si](C)ON1CCCC1C(C)(C)C. The molecule has 0 bridgehead atoms. The number of hydroxylamine groups is 2. The van der Waals surface area contributed by atoms with Crippen LogP contribution in [0, 0.1) is 5.41 Å². The van der Waals surface area contributed by atoms with Gasteiger partial charge in [0.25, 0.3) is 0 Å². The van der Waals surface area contributed by atoms with Gasteiger partial charge in [-0.1, -0.05) is 20.8 Å². The van der Waals surface area contributed by atoms with Crippen molar-refractivity contribution in [3.63, 3.8) is 0 Å². The fourth-order valence-electron chi connectivity index (χ4n) is 1.95. The lowest BCUT2D eigenvalue weighted by Crippen LogP contribution is -2.41. The van der Waals surface area contributed by atoms with Crippen molar-refractivity contribution in [3.05, 3.63) is 0 Å². The second kappa shape index (κ2) is 4.11. The molecule has 0 aromatic heterocycles. The van der Waals surface area contributed by atoms with Crippen molar-refractivity contribution in [1.82, 2.24) is 5.06 Å². The van der Waals surface area contributed by atoms with Crippen molar-refractivity contribution < 1.29 is 4.53 Å². The van der Waals surface area contributed by atoms with Gasteiger partial charge in [-0.25, -0.2) is 0 Å². The quantitative estimate of drug-likeness (QED) is 0.635. The molecule has 2 nitrogen and oxygen atoms in total. The maximum absolute atomic E-state index is 5.89. The Bertz CT molecular complexity index is 165. The molecule has 1 radical (unpaired) electrons. The van der Waals surface area contributed by atoms with E-state index in [-0.39, 0.29) is 0 Å². The number of nitrogens with zero attached hydrogens (tertiary/aromatic N) is 1. The largest absolute Gasteiger partial charge is 0.343 e. The van der Waals surface area contributed by atoms with E-state index in [1.807, 2.05) is 0 Å². The first kappa shape index (κ1) is 11.2. The third-order valence-electron chi connectivity index (χ3n) is 2.50. The first-order chi connectivity index (χ1) is 5.91. The van der Waals surface area contributed by atoms with E-state index in [0.717, 1.165) is 6.54 Å². The lowest BCUT2D eigenvalue weighted by Gasteiger charge is -2.35. The molecule has 1 rings (SSSR count). The maximum atomic E-state index is 5.89. The zero-order valence-electron chi connectivity index (χ0n) is 9.55. The Kier molecular flexibility index (Phi) is 3.55. The van der Waals surface area contributed by atoms with Gasteiger partial charge in [-0.3, -0.25) is 0 Å². The van der Waals surface area contributed by atoms with E-state index in [9.17, 15) is 0 Å². The Labute approximate surface area is 83.9 Å². The standard InChI is InChI=1S/C10H22NOSi/c1-10(2,3)9-7-6-8-11(9)12-13(4)5/h9H,6-8H2,1-5H3. The zero-order valence-corrected chi connectivity index (χ0v) is 10.6. The highest BCUT2D eigenvalue weighted by Crippen LogP contribution is 2.32. The van der Waals surface area contributed by atoms with Crippen molar-refractivity contribution in [3.8, 4) is 0 Å².